The minimum Gasteiger partial charge on any atom is -0.481 e. The lowest BCUT2D eigenvalue weighted by Gasteiger charge is -2.42. The molecule has 2 aliphatic heterocycles. The summed E-state index contributed by atoms with van der Waals surface area (Å²) in [7, 11) is 0. The highest BCUT2D eigenvalue weighted by atomic mass is 16.5. The van der Waals surface area contributed by atoms with E-state index in [1.54, 1.807) is 4.90 Å². The van der Waals surface area contributed by atoms with Crippen molar-refractivity contribution >= 4 is 11.9 Å². The number of hydrogen-bond donors (Lipinski definition) is 1. The smallest absolute Gasteiger partial charge is 0.311 e. The summed E-state index contributed by atoms with van der Waals surface area (Å²) < 4.78 is 5.61. The second-order valence-electron chi connectivity index (χ2n) is 6.35. The Morgan fingerprint density at radius 3 is 2.60 bits per heavy atom. The van der Waals surface area contributed by atoms with Crippen molar-refractivity contribution in [3.05, 3.63) is 0 Å². The quantitative estimate of drug-likeness (QED) is 0.857. The molecule has 114 valence electrons. The van der Waals surface area contributed by atoms with Crippen molar-refractivity contribution in [3.8, 4) is 0 Å². The average Bonchev–Trinajstić information content (AvgIpc) is 2.86. The van der Waals surface area contributed by atoms with Gasteiger partial charge in [0.1, 0.15) is 5.60 Å². The molecule has 0 aromatic heterocycles. The maximum atomic E-state index is 12.6. The zero-order valence-corrected chi connectivity index (χ0v) is 12.5. The SMILES string of the molecule is CCCC1(C(=O)O)CCCN(C(=O)C2(C)CCCO2)C1. The molecule has 1 N–H and O–H groups in total. The summed E-state index contributed by atoms with van der Waals surface area (Å²) in [6, 6.07) is 0. The van der Waals surface area contributed by atoms with Crippen molar-refractivity contribution in [1.82, 2.24) is 4.90 Å². The van der Waals surface area contributed by atoms with Crippen molar-refractivity contribution in [2.24, 2.45) is 5.41 Å². The molecule has 0 saturated carbocycles. The molecule has 2 fully saturated rings. The number of ether oxygens (including phenoxy) is 1. The molecule has 20 heavy (non-hydrogen) atoms. The maximum Gasteiger partial charge on any atom is 0.311 e. The third-order valence-corrected chi connectivity index (χ3v) is 4.72. The molecule has 0 aromatic carbocycles. The lowest BCUT2D eigenvalue weighted by atomic mass is 9.76. The first-order valence-corrected chi connectivity index (χ1v) is 7.60. The number of likely N-dealkylation sites (tertiary alicyclic amines) is 1. The fraction of sp³-hybridized carbons (Fsp3) is 0.867. The van der Waals surface area contributed by atoms with Crippen LogP contribution >= 0.6 is 0 Å². The van der Waals surface area contributed by atoms with Gasteiger partial charge in [-0.15, -0.1) is 0 Å². The zero-order valence-electron chi connectivity index (χ0n) is 12.5. The largest absolute Gasteiger partial charge is 0.481 e. The summed E-state index contributed by atoms with van der Waals surface area (Å²) >= 11 is 0. The first kappa shape index (κ1) is 15.3. The fourth-order valence-electron chi connectivity index (χ4n) is 3.55. The van der Waals surface area contributed by atoms with Crippen LogP contribution in [0, 0.1) is 5.41 Å². The van der Waals surface area contributed by atoms with Gasteiger partial charge in [-0.1, -0.05) is 13.3 Å². The van der Waals surface area contributed by atoms with Crippen LogP contribution in [0.5, 0.6) is 0 Å². The molecule has 1 amide bonds. The van der Waals surface area contributed by atoms with Crippen LogP contribution in [-0.4, -0.2) is 47.2 Å². The van der Waals surface area contributed by atoms with Gasteiger partial charge in [0.15, 0.2) is 0 Å². The van der Waals surface area contributed by atoms with E-state index < -0.39 is 17.0 Å². The number of rotatable bonds is 4. The number of aliphatic carboxylic acids is 1. The molecule has 2 saturated heterocycles. The van der Waals surface area contributed by atoms with Gasteiger partial charge < -0.3 is 14.7 Å². The number of carbonyl (C=O) groups excluding carboxylic acids is 1. The highest BCUT2D eigenvalue weighted by Gasteiger charge is 2.47. The maximum absolute atomic E-state index is 12.6. The van der Waals surface area contributed by atoms with Crippen LogP contribution in [0.4, 0.5) is 0 Å². The first-order chi connectivity index (χ1) is 9.43. The van der Waals surface area contributed by atoms with Crippen LogP contribution in [-0.2, 0) is 14.3 Å². The number of carboxylic acids is 1. The third-order valence-electron chi connectivity index (χ3n) is 4.72. The zero-order chi connectivity index (χ0) is 14.8. The minimum atomic E-state index is -0.769. The molecule has 2 rings (SSSR count). The fourth-order valence-corrected chi connectivity index (χ4v) is 3.55. The summed E-state index contributed by atoms with van der Waals surface area (Å²) in [6.45, 7) is 5.42. The highest BCUT2D eigenvalue weighted by molar-refractivity contribution is 5.86. The normalized spacial score (nSPS) is 34.2. The molecule has 0 aromatic rings. The molecule has 0 radical (unpaired) electrons. The van der Waals surface area contributed by atoms with Gasteiger partial charge in [-0.25, -0.2) is 0 Å². The molecule has 2 unspecified atom stereocenters. The number of carbonyl (C=O) groups is 2. The van der Waals surface area contributed by atoms with Crippen molar-refractivity contribution in [1.29, 1.82) is 0 Å². The van der Waals surface area contributed by atoms with Gasteiger partial charge in [0.05, 0.1) is 5.41 Å². The molecule has 0 spiro atoms. The van der Waals surface area contributed by atoms with Gasteiger partial charge in [0.25, 0.3) is 5.91 Å². The summed E-state index contributed by atoms with van der Waals surface area (Å²) in [5.74, 6) is -0.800. The van der Waals surface area contributed by atoms with Crippen molar-refractivity contribution < 1.29 is 19.4 Å². The Morgan fingerprint density at radius 1 is 1.30 bits per heavy atom. The molecule has 5 nitrogen and oxygen atoms in total. The predicted octanol–water partition coefficient (Wildman–Crippen LogP) is 2.05. The monoisotopic (exact) mass is 283 g/mol. The summed E-state index contributed by atoms with van der Waals surface area (Å²) in [6.07, 6.45) is 4.50. The Labute approximate surface area is 120 Å². The Balaban J connectivity index is 2.13. The number of piperidine rings is 1. The molecule has 2 atom stereocenters. The Kier molecular flexibility index (Phi) is 4.37. The lowest BCUT2D eigenvalue weighted by Crippen LogP contribution is -2.55. The second-order valence-corrected chi connectivity index (χ2v) is 6.35. The van der Waals surface area contributed by atoms with E-state index in [4.69, 9.17) is 4.74 Å². The molecular weight excluding hydrogens is 258 g/mol. The van der Waals surface area contributed by atoms with Crippen molar-refractivity contribution in [2.75, 3.05) is 19.7 Å². The van der Waals surface area contributed by atoms with Gasteiger partial charge >= 0.3 is 5.97 Å². The number of nitrogens with zero attached hydrogens (tertiary/aromatic N) is 1. The van der Waals surface area contributed by atoms with Gasteiger partial charge in [0, 0.05) is 19.7 Å². The van der Waals surface area contributed by atoms with E-state index in [1.165, 1.54) is 0 Å². The Bertz CT molecular complexity index is 385. The second kappa shape index (κ2) is 5.72. The number of amides is 1. The number of hydrogen-bond acceptors (Lipinski definition) is 3. The topological polar surface area (TPSA) is 66.8 Å². The van der Waals surface area contributed by atoms with E-state index >= 15 is 0 Å². The van der Waals surface area contributed by atoms with Crippen molar-refractivity contribution in [3.63, 3.8) is 0 Å². The summed E-state index contributed by atoms with van der Waals surface area (Å²) in [5, 5.41) is 9.58. The average molecular weight is 283 g/mol. The number of carboxylic acid groups (broad SMARTS) is 1. The molecule has 2 aliphatic rings. The molecule has 5 heteroatoms. The van der Waals surface area contributed by atoms with Gasteiger partial charge in [-0.3, -0.25) is 9.59 Å². The Hall–Kier alpha value is -1.10. The van der Waals surface area contributed by atoms with E-state index in [2.05, 4.69) is 0 Å². The van der Waals surface area contributed by atoms with Gasteiger partial charge in [-0.2, -0.15) is 0 Å². The van der Waals surface area contributed by atoms with Crippen LogP contribution in [0.15, 0.2) is 0 Å². The summed E-state index contributed by atoms with van der Waals surface area (Å²) in [5.41, 5.74) is -1.51. The van der Waals surface area contributed by atoms with Crippen LogP contribution in [0.3, 0.4) is 0 Å². The Morgan fingerprint density at radius 2 is 2.05 bits per heavy atom. The predicted molar refractivity (Wildman–Crippen MR) is 74.4 cm³/mol. The van der Waals surface area contributed by atoms with Crippen LogP contribution in [0.1, 0.15) is 52.4 Å². The van der Waals surface area contributed by atoms with Crippen molar-refractivity contribution in [2.45, 2.75) is 58.0 Å². The lowest BCUT2D eigenvalue weighted by molar-refractivity contribution is -0.162. The molecule has 0 aliphatic carbocycles. The highest BCUT2D eigenvalue weighted by Crippen LogP contribution is 2.37. The van der Waals surface area contributed by atoms with Gasteiger partial charge in [-0.05, 0) is 39.0 Å². The van der Waals surface area contributed by atoms with E-state index in [9.17, 15) is 14.7 Å². The van der Waals surface area contributed by atoms with Crippen LogP contribution < -0.4 is 0 Å². The van der Waals surface area contributed by atoms with E-state index in [0.717, 1.165) is 25.7 Å². The third kappa shape index (κ3) is 2.68. The standard InChI is InChI=1S/C15H25NO4/c1-3-6-15(13(18)19)8-4-9-16(11-15)12(17)14(2)7-5-10-20-14/h3-11H2,1-2H3,(H,18,19). The molecule has 0 bridgehead atoms. The minimum absolute atomic E-state index is 0.0311. The first-order valence-electron chi connectivity index (χ1n) is 7.60. The van der Waals surface area contributed by atoms with E-state index in [0.29, 0.717) is 32.5 Å². The van der Waals surface area contributed by atoms with Crippen LogP contribution in [0.2, 0.25) is 0 Å². The molecule has 2 heterocycles. The van der Waals surface area contributed by atoms with E-state index in [-0.39, 0.29) is 5.91 Å². The van der Waals surface area contributed by atoms with Crippen LogP contribution in [0.25, 0.3) is 0 Å². The van der Waals surface area contributed by atoms with E-state index in [1.807, 2.05) is 13.8 Å². The summed E-state index contributed by atoms with van der Waals surface area (Å²) in [4.78, 5) is 26.0. The molecular formula is C15H25NO4. The van der Waals surface area contributed by atoms with Gasteiger partial charge in [0.2, 0.25) is 0 Å².